The van der Waals surface area contributed by atoms with Gasteiger partial charge in [-0.25, -0.2) is 9.97 Å². The number of likely N-dealkylation sites (N-methyl/N-ethyl adjacent to an activating group) is 1. The van der Waals surface area contributed by atoms with Gasteiger partial charge in [0.05, 0.1) is 0 Å². The first-order valence-corrected chi connectivity index (χ1v) is 13.9. The highest BCUT2D eigenvalue weighted by molar-refractivity contribution is 5.38. The Morgan fingerprint density at radius 1 is 0.818 bits per heavy atom. The normalized spacial score (nSPS) is 24.6. The van der Waals surface area contributed by atoms with E-state index in [9.17, 15) is 0 Å². The number of nitrogens with zero attached hydrogens (tertiary/aromatic N) is 5. The van der Waals surface area contributed by atoms with Gasteiger partial charge in [-0.05, 0) is 83.1 Å². The molecule has 0 saturated carbocycles. The second-order valence-electron chi connectivity index (χ2n) is 10.4. The Bertz CT molecular complexity index is 662. The fourth-order valence-corrected chi connectivity index (χ4v) is 6.13. The lowest BCUT2D eigenvalue weighted by atomic mass is 9.91. The molecule has 1 aromatic heterocycles. The molecule has 4 rings (SSSR count). The topological polar surface area (TPSA) is 44.7 Å². The predicted molar refractivity (Wildman–Crippen MR) is 136 cm³/mol. The molecule has 33 heavy (non-hydrogen) atoms. The molecule has 3 saturated heterocycles. The van der Waals surface area contributed by atoms with Crippen LogP contribution in [0.3, 0.4) is 0 Å². The molecule has 0 spiro atoms. The lowest BCUT2D eigenvalue weighted by molar-refractivity contribution is 0.143. The van der Waals surface area contributed by atoms with Crippen molar-refractivity contribution in [1.29, 1.82) is 0 Å². The summed E-state index contributed by atoms with van der Waals surface area (Å²) < 4.78 is 5.41. The van der Waals surface area contributed by atoms with Gasteiger partial charge in [0.1, 0.15) is 0 Å². The summed E-state index contributed by atoms with van der Waals surface area (Å²) in [5.41, 5.74) is 1.35. The fourth-order valence-electron chi connectivity index (χ4n) is 6.13. The number of fused-ring (bicyclic) bond motifs is 2. The van der Waals surface area contributed by atoms with Crippen molar-refractivity contribution >= 4 is 5.95 Å². The largest absolute Gasteiger partial charge is 0.382 e. The monoisotopic (exact) mass is 457 g/mol. The molecule has 0 amide bonds. The Kier molecular flexibility index (Phi) is 9.81. The molecule has 2 bridgehead atoms. The number of hydrogen-bond donors (Lipinski definition) is 0. The van der Waals surface area contributed by atoms with Gasteiger partial charge in [0.25, 0.3) is 0 Å². The molecular weight excluding hydrogens is 410 g/mol. The van der Waals surface area contributed by atoms with Crippen molar-refractivity contribution in [3.63, 3.8) is 0 Å². The molecule has 0 radical (unpaired) electrons. The number of piperidine rings is 1. The maximum atomic E-state index is 5.41. The van der Waals surface area contributed by atoms with E-state index >= 15 is 0 Å². The van der Waals surface area contributed by atoms with Crippen LogP contribution in [0.15, 0.2) is 12.4 Å². The number of hydrogen-bond acceptors (Lipinski definition) is 6. The van der Waals surface area contributed by atoms with Gasteiger partial charge in [0.15, 0.2) is 0 Å². The summed E-state index contributed by atoms with van der Waals surface area (Å²) >= 11 is 0. The molecule has 1 aromatic rings. The van der Waals surface area contributed by atoms with Crippen molar-refractivity contribution in [2.75, 3.05) is 57.4 Å². The van der Waals surface area contributed by atoms with Crippen molar-refractivity contribution in [1.82, 2.24) is 19.8 Å². The highest BCUT2D eigenvalue weighted by atomic mass is 16.5. The summed E-state index contributed by atoms with van der Waals surface area (Å²) in [6.45, 7) is 13.4. The van der Waals surface area contributed by atoms with E-state index < -0.39 is 0 Å². The number of rotatable bonds is 13. The van der Waals surface area contributed by atoms with Gasteiger partial charge in [-0.15, -0.1) is 0 Å². The summed E-state index contributed by atoms with van der Waals surface area (Å²) in [5.74, 6) is 1.60. The van der Waals surface area contributed by atoms with E-state index in [1.807, 2.05) is 0 Å². The van der Waals surface area contributed by atoms with E-state index in [1.165, 1.54) is 102 Å². The standard InChI is InChI=1S/C27H47N5O/c1-3-30-21-25-11-12-26(22-30)32(25)27-28-19-24(20-29-27)23-13-16-31(17-14-23)15-9-7-5-6-8-10-18-33-4-2/h19-20,23,25-26H,3-18,21-22H2,1-2H3. The SMILES string of the molecule is CCOCCCCCCCCN1CCC(c2cnc(N3C4CCC3CN(CC)C4)nc2)CC1. The van der Waals surface area contributed by atoms with Crippen molar-refractivity contribution in [2.24, 2.45) is 0 Å². The molecule has 186 valence electrons. The molecule has 3 aliphatic rings. The Morgan fingerprint density at radius 3 is 2.09 bits per heavy atom. The van der Waals surface area contributed by atoms with Crippen molar-refractivity contribution in [3.05, 3.63) is 18.0 Å². The van der Waals surface area contributed by atoms with Crippen LogP contribution in [0.2, 0.25) is 0 Å². The molecule has 6 heteroatoms. The molecule has 4 heterocycles. The Morgan fingerprint density at radius 2 is 1.45 bits per heavy atom. The highest BCUT2D eigenvalue weighted by Crippen LogP contribution is 2.34. The summed E-state index contributed by atoms with van der Waals surface area (Å²) in [6, 6.07) is 1.21. The van der Waals surface area contributed by atoms with Gasteiger partial charge < -0.3 is 14.5 Å². The molecule has 3 aliphatic heterocycles. The smallest absolute Gasteiger partial charge is 0.225 e. The van der Waals surface area contributed by atoms with Crippen LogP contribution < -0.4 is 4.90 Å². The van der Waals surface area contributed by atoms with Crippen LogP contribution in [-0.2, 0) is 4.74 Å². The summed E-state index contributed by atoms with van der Waals surface area (Å²) in [4.78, 5) is 17.5. The van der Waals surface area contributed by atoms with Crippen LogP contribution in [0.4, 0.5) is 5.95 Å². The third-order valence-electron chi connectivity index (χ3n) is 8.17. The maximum Gasteiger partial charge on any atom is 0.225 e. The second-order valence-corrected chi connectivity index (χ2v) is 10.4. The lowest BCUT2D eigenvalue weighted by Crippen LogP contribution is -2.54. The van der Waals surface area contributed by atoms with Gasteiger partial charge in [-0.3, -0.25) is 4.90 Å². The predicted octanol–water partition coefficient (Wildman–Crippen LogP) is 4.71. The number of ether oxygens (including phenoxy) is 1. The van der Waals surface area contributed by atoms with Crippen LogP contribution in [0.5, 0.6) is 0 Å². The Labute approximate surface area is 202 Å². The van der Waals surface area contributed by atoms with Crippen LogP contribution in [0.25, 0.3) is 0 Å². The second kappa shape index (κ2) is 13.0. The fraction of sp³-hybridized carbons (Fsp3) is 0.852. The van der Waals surface area contributed by atoms with E-state index in [1.54, 1.807) is 0 Å². The average molecular weight is 458 g/mol. The van der Waals surface area contributed by atoms with Crippen molar-refractivity contribution in [2.45, 2.75) is 96.1 Å². The molecule has 0 aliphatic carbocycles. The molecule has 0 aromatic carbocycles. The third-order valence-corrected chi connectivity index (χ3v) is 8.17. The van der Waals surface area contributed by atoms with E-state index in [0.29, 0.717) is 18.0 Å². The van der Waals surface area contributed by atoms with E-state index in [4.69, 9.17) is 14.7 Å². The van der Waals surface area contributed by atoms with E-state index in [-0.39, 0.29) is 0 Å². The Balaban J connectivity index is 1.13. The van der Waals surface area contributed by atoms with Gasteiger partial charge in [0, 0.05) is 50.8 Å². The highest BCUT2D eigenvalue weighted by Gasteiger charge is 2.40. The summed E-state index contributed by atoms with van der Waals surface area (Å²) in [5, 5.41) is 0. The number of anilines is 1. The van der Waals surface area contributed by atoms with Crippen LogP contribution in [0, 0.1) is 0 Å². The minimum Gasteiger partial charge on any atom is -0.382 e. The minimum absolute atomic E-state index is 0.605. The zero-order valence-electron chi connectivity index (χ0n) is 21.3. The first kappa shape index (κ1) is 24.9. The van der Waals surface area contributed by atoms with Crippen LogP contribution >= 0.6 is 0 Å². The van der Waals surface area contributed by atoms with E-state index in [0.717, 1.165) is 25.7 Å². The summed E-state index contributed by atoms with van der Waals surface area (Å²) in [7, 11) is 0. The lowest BCUT2D eigenvalue weighted by Gasteiger charge is -2.40. The third kappa shape index (κ3) is 6.89. The zero-order valence-corrected chi connectivity index (χ0v) is 21.3. The van der Waals surface area contributed by atoms with Crippen molar-refractivity contribution < 1.29 is 4.74 Å². The number of likely N-dealkylation sites (tertiary alicyclic amines) is 2. The zero-order chi connectivity index (χ0) is 22.9. The van der Waals surface area contributed by atoms with Gasteiger partial charge in [-0.1, -0.05) is 32.6 Å². The molecular formula is C27H47N5O. The minimum atomic E-state index is 0.605. The maximum absolute atomic E-state index is 5.41. The Hall–Kier alpha value is -1.24. The number of unbranched alkanes of at least 4 members (excludes halogenated alkanes) is 5. The summed E-state index contributed by atoms with van der Waals surface area (Å²) in [6.07, 6.45) is 17.4. The molecule has 3 fully saturated rings. The average Bonchev–Trinajstić information content (AvgIpc) is 3.12. The van der Waals surface area contributed by atoms with Gasteiger partial charge in [0.2, 0.25) is 5.95 Å². The van der Waals surface area contributed by atoms with Crippen molar-refractivity contribution in [3.8, 4) is 0 Å². The molecule has 0 N–H and O–H groups in total. The molecule has 2 unspecified atom stereocenters. The quantitative estimate of drug-likeness (QED) is 0.400. The van der Waals surface area contributed by atoms with Crippen LogP contribution in [0.1, 0.15) is 89.5 Å². The van der Waals surface area contributed by atoms with Crippen LogP contribution in [-0.4, -0.2) is 84.3 Å². The van der Waals surface area contributed by atoms with Gasteiger partial charge in [-0.2, -0.15) is 0 Å². The number of piperazine rings is 1. The first-order chi connectivity index (χ1) is 16.3. The first-order valence-electron chi connectivity index (χ1n) is 13.9. The number of aromatic nitrogens is 2. The molecule has 6 nitrogen and oxygen atoms in total. The van der Waals surface area contributed by atoms with E-state index in [2.05, 4.69) is 40.9 Å². The molecule has 2 atom stereocenters. The van der Waals surface area contributed by atoms with Gasteiger partial charge >= 0.3 is 0 Å².